The number of rotatable bonds is 3. The second kappa shape index (κ2) is 5.28. The van der Waals surface area contributed by atoms with Gasteiger partial charge in [-0.1, -0.05) is 55.9 Å². The second-order valence-corrected chi connectivity index (χ2v) is 5.42. The molecule has 0 aliphatic heterocycles. The van der Waals surface area contributed by atoms with Gasteiger partial charge < -0.3 is 5.73 Å². The van der Waals surface area contributed by atoms with Crippen LogP contribution in [0.1, 0.15) is 25.3 Å². The van der Waals surface area contributed by atoms with Gasteiger partial charge in [0.25, 0.3) is 0 Å². The lowest BCUT2D eigenvalue weighted by atomic mass is 10.0. The molecule has 0 bridgehead atoms. The van der Waals surface area contributed by atoms with E-state index in [2.05, 4.69) is 44.2 Å². The number of nitrogen functional groups attached to an aromatic ring is 1. The minimum Gasteiger partial charge on any atom is -0.398 e. The molecule has 0 fully saturated rings. The molecule has 0 saturated carbocycles. The van der Waals surface area contributed by atoms with Gasteiger partial charge in [-0.3, -0.25) is 0 Å². The Kier molecular flexibility index (Phi) is 3.75. The third kappa shape index (κ3) is 2.83. The molecule has 88 valence electrons. The summed E-state index contributed by atoms with van der Waals surface area (Å²) < 4.78 is 0. The first-order valence-corrected chi connectivity index (χ1v) is 6.61. The van der Waals surface area contributed by atoms with E-state index in [1.165, 1.54) is 10.5 Å². The van der Waals surface area contributed by atoms with Crippen molar-refractivity contribution in [3.8, 4) is 0 Å². The standard InChI is InChI=1S/C15H17NS/c1-11(2)12-7-3-5-9-14(12)17-15-10-6-4-8-13(15)16/h3-11H,16H2,1-2H3. The Labute approximate surface area is 107 Å². The maximum atomic E-state index is 5.97. The zero-order valence-electron chi connectivity index (χ0n) is 10.2. The van der Waals surface area contributed by atoms with E-state index in [9.17, 15) is 0 Å². The monoisotopic (exact) mass is 243 g/mol. The molecule has 2 heteroatoms. The highest BCUT2D eigenvalue weighted by atomic mass is 32.2. The van der Waals surface area contributed by atoms with Crippen LogP contribution in [-0.4, -0.2) is 0 Å². The number of benzene rings is 2. The van der Waals surface area contributed by atoms with Gasteiger partial charge >= 0.3 is 0 Å². The second-order valence-electron chi connectivity index (χ2n) is 4.33. The number of anilines is 1. The summed E-state index contributed by atoms with van der Waals surface area (Å²) in [6.45, 7) is 4.43. The van der Waals surface area contributed by atoms with Gasteiger partial charge in [0.2, 0.25) is 0 Å². The zero-order valence-corrected chi connectivity index (χ0v) is 11.0. The van der Waals surface area contributed by atoms with Crippen LogP contribution in [0, 0.1) is 0 Å². The first-order valence-electron chi connectivity index (χ1n) is 5.79. The molecular formula is C15H17NS. The van der Waals surface area contributed by atoms with E-state index in [1.807, 2.05) is 18.2 Å². The van der Waals surface area contributed by atoms with Crippen LogP contribution in [0.25, 0.3) is 0 Å². The van der Waals surface area contributed by atoms with Gasteiger partial charge in [0.15, 0.2) is 0 Å². The summed E-state index contributed by atoms with van der Waals surface area (Å²) in [5.74, 6) is 0.531. The highest BCUT2D eigenvalue weighted by Crippen LogP contribution is 2.36. The van der Waals surface area contributed by atoms with E-state index >= 15 is 0 Å². The molecule has 0 aromatic heterocycles. The van der Waals surface area contributed by atoms with E-state index in [1.54, 1.807) is 11.8 Å². The van der Waals surface area contributed by atoms with Crippen molar-refractivity contribution < 1.29 is 0 Å². The minimum atomic E-state index is 0.531. The quantitative estimate of drug-likeness (QED) is 0.801. The van der Waals surface area contributed by atoms with Crippen molar-refractivity contribution >= 4 is 17.4 Å². The van der Waals surface area contributed by atoms with E-state index < -0.39 is 0 Å². The van der Waals surface area contributed by atoms with Crippen LogP contribution in [0.3, 0.4) is 0 Å². The van der Waals surface area contributed by atoms with Crippen molar-refractivity contribution in [1.82, 2.24) is 0 Å². The van der Waals surface area contributed by atoms with Crippen LogP contribution in [0.15, 0.2) is 58.3 Å². The molecule has 0 unspecified atom stereocenters. The lowest BCUT2D eigenvalue weighted by Gasteiger charge is -2.12. The summed E-state index contributed by atoms with van der Waals surface area (Å²) in [6.07, 6.45) is 0. The first kappa shape index (κ1) is 12.1. The molecule has 0 spiro atoms. The molecule has 0 heterocycles. The molecule has 2 N–H and O–H groups in total. The van der Waals surface area contributed by atoms with Gasteiger partial charge in [0.1, 0.15) is 0 Å². The van der Waals surface area contributed by atoms with Crippen LogP contribution in [0.4, 0.5) is 5.69 Å². The average molecular weight is 243 g/mol. The summed E-state index contributed by atoms with van der Waals surface area (Å²) in [5, 5.41) is 0. The molecule has 17 heavy (non-hydrogen) atoms. The number of hydrogen-bond donors (Lipinski definition) is 1. The maximum Gasteiger partial charge on any atom is 0.0455 e. The first-order chi connectivity index (χ1) is 8.18. The molecule has 1 nitrogen and oxygen atoms in total. The third-order valence-electron chi connectivity index (χ3n) is 2.68. The van der Waals surface area contributed by atoms with Gasteiger partial charge in [0.05, 0.1) is 0 Å². The minimum absolute atomic E-state index is 0.531. The normalized spacial score (nSPS) is 10.8. The van der Waals surface area contributed by atoms with Gasteiger partial charge in [-0.15, -0.1) is 0 Å². The van der Waals surface area contributed by atoms with E-state index in [4.69, 9.17) is 5.73 Å². The van der Waals surface area contributed by atoms with E-state index in [0.717, 1.165) is 10.6 Å². The molecule has 0 atom stereocenters. The van der Waals surface area contributed by atoms with Gasteiger partial charge in [-0.2, -0.15) is 0 Å². The lowest BCUT2D eigenvalue weighted by molar-refractivity contribution is 0.842. The Balaban J connectivity index is 2.34. The summed E-state index contributed by atoms with van der Waals surface area (Å²) in [6, 6.07) is 16.5. The van der Waals surface area contributed by atoms with Gasteiger partial charge in [-0.25, -0.2) is 0 Å². The number of hydrogen-bond acceptors (Lipinski definition) is 2. The Morgan fingerprint density at radius 2 is 1.47 bits per heavy atom. The van der Waals surface area contributed by atoms with Gasteiger partial charge in [0, 0.05) is 15.5 Å². The fourth-order valence-electron chi connectivity index (χ4n) is 1.74. The van der Waals surface area contributed by atoms with Crippen LogP contribution in [0.5, 0.6) is 0 Å². The summed E-state index contributed by atoms with van der Waals surface area (Å²) in [4.78, 5) is 2.42. The molecule has 2 aromatic rings. The molecule has 2 aromatic carbocycles. The van der Waals surface area contributed by atoms with E-state index in [0.29, 0.717) is 5.92 Å². The molecule has 0 amide bonds. The number of nitrogens with two attached hydrogens (primary N) is 1. The highest BCUT2D eigenvalue weighted by Gasteiger charge is 2.08. The van der Waals surface area contributed by atoms with Crippen molar-refractivity contribution in [3.63, 3.8) is 0 Å². The topological polar surface area (TPSA) is 26.0 Å². The SMILES string of the molecule is CC(C)c1ccccc1Sc1ccccc1N. The fourth-order valence-corrected chi connectivity index (χ4v) is 2.88. The van der Waals surface area contributed by atoms with Crippen LogP contribution >= 0.6 is 11.8 Å². The third-order valence-corrected chi connectivity index (χ3v) is 3.86. The molecule has 0 radical (unpaired) electrons. The maximum absolute atomic E-state index is 5.97. The Morgan fingerprint density at radius 1 is 0.882 bits per heavy atom. The van der Waals surface area contributed by atoms with Crippen molar-refractivity contribution in [2.24, 2.45) is 0 Å². The van der Waals surface area contributed by atoms with Crippen molar-refractivity contribution in [2.45, 2.75) is 29.6 Å². The summed E-state index contributed by atoms with van der Waals surface area (Å²) >= 11 is 1.74. The number of para-hydroxylation sites is 1. The Bertz CT molecular complexity index is 506. The predicted molar refractivity (Wildman–Crippen MR) is 75.5 cm³/mol. The lowest BCUT2D eigenvalue weighted by Crippen LogP contribution is -1.92. The van der Waals surface area contributed by atoms with Crippen LogP contribution in [-0.2, 0) is 0 Å². The van der Waals surface area contributed by atoms with Gasteiger partial charge in [-0.05, 0) is 29.7 Å². The van der Waals surface area contributed by atoms with Crippen molar-refractivity contribution in [3.05, 3.63) is 54.1 Å². The van der Waals surface area contributed by atoms with E-state index in [-0.39, 0.29) is 0 Å². The summed E-state index contributed by atoms with van der Waals surface area (Å²) in [5.41, 5.74) is 8.19. The zero-order chi connectivity index (χ0) is 12.3. The predicted octanol–water partition coefficient (Wildman–Crippen LogP) is 4.54. The average Bonchev–Trinajstić information content (AvgIpc) is 2.32. The Hall–Kier alpha value is -1.41. The summed E-state index contributed by atoms with van der Waals surface area (Å²) in [7, 11) is 0. The molecule has 0 aliphatic rings. The fraction of sp³-hybridized carbons (Fsp3) is 0.200. The molecule has 0 aliphatic carbocycles. The van der Waals surface area contributed by atoms with Crippen LogP contribution < -0.4 is 5.73 Å². The molecular weight excluding hydrogens is 226 g/mol. The molecule has 0 saturated heterocycles. The smallest absolute Gasteiger partial charge is 0.0455 e. The van der Waals surface area contributed by atoms with Crippen molar-refractivity contribution in [2.75, 3.05) is 5.73 Å². The van der Waals surface area contributed by atoms with Crippen LogP contribution in [0.2, 0.25) is 0 Å². The largest absolute Gasteiger partial charge is 0.398 e. The molecule has 2 rings (SSSR count). The van der Waals surface area contributed by atoms with Crippen molar-refractivity contribution in [1.29, 1.82) is 0 Å². The Morgan fingerprint density at radius 3 is 2.12 bits per heavy atom. The highest BCUT2D eigenvalue weighted by molar-refractivity contribution is 7.99.